The highest BCUT2D eigenvalue weighted by atomic mass is 16.6. The van der Waals surface area contributed by atoms with Crippen molar-refractivity contribution >= 4 is 34.4 Å². The van der Waals surface area contributed by atoms with Gasteiger partial charge in [-0.2, -0.15) is 4.98 Å². The molecule has 8 heteroatoms. The first-order valence-corrected chi connectivity index (χ1v) is 12.9. The van der Waals surface area contributed by atoms with Gasteiger partial charge in [0.25, 0.3) is 5.56 Å². The largest absolute Gasteiger partial charge is 0.447 e. The number of amides is 1. The fourth-order valence-corrected chi connectivity index (χ4v) is 5.42. The number of fused-ring (bicyclic) bond motifs is 1. The maximum atomic E-state index is 13.9. The Hall–Kier alpha value is -4.20. The van der Waals surface area contributed by atoms with Crippen molar-refractivity contribution in [1.29, 1.82) is 0 Å². The van der Waals surface area contributed by atoms with E-state index in [4.69, 9.17) is 9.72 Å². The van der Waals surface area contributed by atoms with Crippen molar-refractivity contribution in [2.24, 2.45) is 0 Å². The summed E-state index contributed by atoms with van der Waals surface area (Å²) in [5, 5.41) is 4.11. The molecule has 2 aliphatic rings. The fourth-order valence-electron chi connectivity index (χ4n) is 5.42. The van der Waals surface area contributed by atoms with Crippen LogP contribution >= 0.6 is 0 Å². The van der Waals surface area contributed by atoms with Crippen LogP contribution in [0.2, 0.25) is 0 Å². The molecule has 4 aromatic rings. The van der Waals surface area contributed by atoms with Crippen LogP contribution < -0.4 is 15.8 Å². The average Bonchev–Trinajstić information content (AvgIpc) is 3.61. The van der Waals surface area contributed by atoms with E-state index in [1.807, 2.05) is 53.1 Å². The van der Waals surface area contributed by atoms with Crippen LogP contribution in [0.1, 0.15) is 55.7 Å². The Morgan fingerprint density at radius 2 is 1.78 bits per heavy atom. The number of hydrogen-bond donors (Lipinski definition) is 1. The number of aromatic nitrogens is 3. The molecule has 37 heavy (non-hydrogen) atoms. The summed E-state index contributed by atoms with van der Waals surface area (Å²) in [6, 6.07) is 19.7. The van der Waals surface area contributed by atoms with Crippen molar-refractivity contribution in [1.82, 2.24) is 14.5 Å². The molecule has 2 fully saturated rings. The average molecular weight is 496 g/mol. The summed E-state index contributed by atoms with van der Waals surface area (Å²) in [5.41, 5.74) is 4.15. The van der Waals surface area contributed by atoms with Crippen molar-refractivity contribution in [2.45, 2.75) is 44.6 Å². The number of benzene rings is 2. The van der Waals surface area contributed by atoms with E-state index in [0.29, 0.717) is 24.7 Å². The van der Waals surface area contributed by atoms with Crippen LogP contribution in [0.25, 0.3) is 11.0 Å². The van der Waals surface area contributed by atoms with Gasteiger partial charge in [-0.3, -0.25) is 14.3 Å². The molecule has 0 bridgehead atoms. The summed E-state index contributed by atoms with van der Waals surface area (Å²) >= 11 is 0. The van der Waals surface area contributed by atoms with Gasteiger partial charge in [-0.05, 0) is 48.7 Å². The van der Waals surface area contributed by atoms with Gasteiger partial charge in [0.05, 0.1) is 6.54 Å². The number of anilines is 3. The van der Waals surface area contributed by atoms with E-state index in [1.165, 1.54) is 0 Å². The normalized spacial score (nSPS) is 16.8. The maximum absolute atomic E-state index is 13.9. The number of pyridine rings is 1. The van der Waals surface area contributed by atoms with Gasteiger partial charge in [-0.25, -0.2) is 9.78 Å². The monoisotopic (exact) mass is 495 g/mol. The molecule has 1 saturated carbocycles. The summed E-state index contributed by atoms with van der Waals surface area (Å²) in [6.07, 6.45) is 5.65. The SMILES string of the molecule is CC(c1ccccc1)c1cc2cnc(Nc3ccc(N4CCOC4=O)cc3)nc2n(C2CCCC2)c1=O. The highest BCUT2D eigenvalue weighted by molar-refractivity contribution is 5.89. The van der Waals surface area contributed by atoms with E-state index in [1.54, 1.807) is 11.1 Å². The van der Waals surface area contributed by atoms with Crippen molar-refractivity contribution in [3.63, 3.8) is 0 Å². The molecular weight excluding hydrogens is 466 g/mol. The zero-order valence-electron chi connectivity index (χ0n) is 20.8. The Morgan fingerprint density at radius 1 is 1.03 bits per heavy atom. The zero-order valence-corrected chi connectivity index (χ0v) is 20.8. The van der Waals surface area contributed by atoms with Crippen LogP contribution in [0.3, 0.4) is 0 Å². The second kappa shape index (κ2) is 9.69. The first-order valence-electron chi connectivity index (χ1n) is 12.9. The molecule has 1 amide bonds. The first-order chi connectivity index (χ1) is 18.1. The third kappa shape index (κ3) is 4.43. The van der Waals surface area contributed by atoms with E-state index in [-0.39, 0.29) is 23.6 Å². The molecule has 1 aliphatic heterocycles. The molecule has 8 nitrogen and oxygen atoms in total. The minimum absolute atomic E-state index is 0.0299. The second-order valence-corrected chi connectivity index (χ2v) is 9.76. The highest BCUT2D eigenvalue weighted by Crippen LogP contribution is 2.32. The number of nitrogens with one attached hydrogen (secondary N) is 1. The fraction of sp³-hybridized carbons (Fsp3) is 0.310. The topological polar surface area (TPSA) is 89.3 Å². The lowest BCUT2D eigenvalue weighted by Crippen LogP contribution is -2.29. The molecule has 3 heterocycles. The number of cyclic esters (lactones) is 1. The molecule has 0 spiro atoms. The number of carbonyl (C=O) groups excluding carboxylic acids is 1. The van der Waals surface area contributed by atoms with Crippen molar-refractivity contribution < 1.29 is 9.53 Å². The Bertz CT molecular complexity index is 1490. The molecule has 1 unspecified atom stereocenters. The van der Waals surface area contributed by atoms with Gasteiger partial charge in [-0.1, -0.05) is 50.1 Å². The minimum Gasteiger partial charge on any atom is -0.447 e. The molecular formula is C29H29N5O3. The molecule has 0 radical (unpaired) electrons. The van der Waals surface area contributed by atoms with E-state index in [9.17, 15) is 9.59 Å². The molecule has 2 aromatic carbocycles. The Balaban J connectivity index is 1.36. The molecule has 188 valence electrons. The van der Waals surface area contributed by atoms with E-state index >= 15 is 0 Å². The number of hydrogen-bond acceptors (Lipinski definition) is 6. The lowest BCUT2D eigenvalue weighted by molar-refractivity contribution is 0.181. The smallest absolute Gasteiger partial charge is 0.414 e. The molecule has 1 aliphatic carbocycles. The second-order valence-electron chi connectivity index (χ2n) is 9.76. The standard InChI is InChI=1S/C29H29N5O3/c1-19(20-7-3-2-4-8-20)25-17-21-18-30-28(32-26(21)34(27(25)35)24-9-5-6-10-24)31-22-11-13-23(14-12-22)33-15-16-37-29(33)36/h2-4,7-8,11-14,17-19,24H,5-6,9-10,15-16H2,1H3,(H,30,31,32). The van der Waals surface area contributed by atoms with Crippen LogP contribution in [0, 0.1) is 0 Å². The quantitative estimate of drug-likeness (QED) is 0.366. The highest BCUT2D eigenvalue weighted by Gasteiger charge is 2.25. The summed E-state index contributed by atoms with van der Waals surface area (Å²) in [4.78, 5) is 36.7. The van der Waals surface area contributed by atoms with Crippen molar-refractivity contribution in [3.05, 3.63) is 88.3 Å². The molecule has 2 aromatic heterocycles. The molecule has 1 atom stereocenters. The van der Waals surface area contributed by atoms with E-state index in [0.717, 1.165) is 53.6 Å². The van der Waals surface area contributed by atoms with E-state index in [2.05, 4.69) is 29.4 Å². The van der Waals surface area contributed by atoms with Crippen LogP contribution in [-0.2, 0) is 4.74 Å². The number of ether oxygens (including phenoxy) is 1. The lowest BCUT2D eigenvalue weighted by atomic mass is 9.93. The van der Waals surface area contributed by atoms with Crippen molar-refractivity contribution in [2.75, 3.05) is 23.4 Å². The molecule has 1 N–H and O–H groups in total. The summed E-state index contributed by atoms with van der Waals surface area (Å²) in [5.74, 6) is 0.394. The number of carbonyl (C=O) groups is 1. The van der Waals surface area contributed by atoms with Crippen molar-refractivity contribution in [3.8, 4) is 0 Å². The van der Waals surface area contributed by atoms with Gasteiger partial charge in [0.2, 0.25) is 5.95 Å². The van der Waals surface area contributed by atoms with Gasteiger partial charge in [0.1, 0.15) is 12.3 Å². The molecule has 1 saturated heterocycles. The number of rotatable bonds is 6. The minimum atomic E-state index is -0.329. The predicted molar refractivity (Wildman–Crippen MR) is 144 cm³/mol. The maximum Gasteiger partial charge on any atom is 0.414 e. The van der Waals surface area contributed by atoms with Gasteiger partial charge in [-0.15, -0.1) is 0 Å². The Labute approximate surface area is 214 Å². The van der Waals surface area contributed by atoms with Crippen LogP contribution in [0.15, 0.2) is 71.7 Å². The molecule has 6 rings (SSSR count). The first kappa shape index (κ1) is 23.2. The summed E-state index contributed by atoms with van der Waals surface area (Å²) < 4.78 is 6.93. The third-order valence-electron chi connectivity index (χ3n) is 7.45. The van der Waals surface area contributed by atoms with Gasteiger partial charge >= 0.3 is 6.09 Å². The van der Waals surface area contributed by atoms with Crippen LogP contribution in [0.5, 0.6) is 0 Å². The number of nitrogens with zero attached hydrogens (tertiary/aromatic N) is 4. The van der Waals surface area contributed by atoms with E-state index < -0.39 is 0 Å². The van der Waals surface area contributed by atoms with Gasteiger partial charge in [0.15, 0.2) is 0 Å². The zero-order chi connectivity index (χ0) is 25.4. The Kier molecular flexibility index (Phi) is 6.08. The predicted octanol–water partition coefficient (Wildman–Crippen LogP) is 5.76. The summed E-state index contributed by atoms with van der Waals surface area (Å²) in [6.45, 7) is 3.03. The third-order valence-corrected chi connectivity index (χ3v) is 7.45. The summed E-state index contributed by atoms with van der Waals surface area (Å²) in [7, 11) is 0. The van der Waals surface area contributed by atoms with Gasteiger partial charge in [0, 0.05) is 40.5 Å². The Morgan fingerprint density at radius 3 is 2.49 bits per heavy atom. The van der Waals surface area contributed by atoms with Crippen LogP contribution in [-0.4, -0.2) is 33.8 Å². The van der Waals surface area contributed by atoms with Crippen LogP contribution in [0.4, 0.5) is 22.1 Å². The van der Waals surface area contributed by atoms with Gasteiger partial charge < -0.3 is 10.1 Å². The lowest BCUT2D eigenvalue weighted by Gasteiger charge is -2.20.